The molecular formula is C22H42N6. The van der Waals surface area contributed by atoms with Gasteiger partial charge < -0.3 is 0 Å². The van der Waals surface area contributed by atoms with Gasteiger partial charge in [0, 0.05) is 25.5 Å². The van der Waals surface area contributed by atoms with Gasteiger partial charge in [-0.3, -0.25) is 9.36 Å². The van der Waals surface area contributed by atoms with Crippen LogP contribution >= 0.6 is 0 Å². The van der Waals surface area contributed by atoms with Crippen molar-refractivity contribution in [3.05, 3.63) is 23.8 Å². The summed E-state index contributed by atoms with van der Waals surface area (Å²) in [5.41, 5.74) is 2.24. The monoisotopic (exact) mass is 390 g/mol. The summed E-state index contributed by atoms with van der Waals surface area (Å²) in [5.74, 6) is 2.76. The summed E-state index contributed by atoms with van der Waals surface area (Å²) < 4.78 is 3.90. The fourth-order valence-electron chi connectivity index (χ4n) is 2.70. The maximum absolute atomic E-state index is 4.18. The van der Waals surface area contributed by atoms with Gasteiger partial charge in [-0.1, -0.05) is 65.8 Å². The molecule has 2 rings (SSSR count). The van der Waals surface area contributed by atoms with Gasteiger partial charge in [-0.05, 0) is 49.4 Å². The Balaban J connectivity index is 0.000000283. The second kappa shape index (κ2) is 12.7. The van der Waals surface area contributed by atoms with Gasteiger partial charge in [-0.2, -0.15) is 0 Å². The molecule has 0 aromatic carbocycles. The topological polar surface area (TPSA) is 61.4 Å². The lowest BCUT2D eigenvalue weighted by Gasteiger charge is -2.03. The molecule has 0 unspecified atom stereocenters. The maximum atomic E-state index is 4.18. The standard InChI is InChI=1S/C12H23N3.C10H19N3/c1-10(2)5-6-12-9-15(14-13-12)8-7-11(3)4;1-8(2)5-10-7-13(12-11-10)6-9(3)4/h9-11H,5-8H2,1-4H3;7-9H,5-6H2,1-4H3. The largest absolute Gasteiger partial charge is 0.252 e. The second-order valence-electron chi connectivity index (χ2n) is 9.51. The lowest BCUT2D eigenvalue weighted by Crippen LogP contribution is -2.04. The minimum absolute atomic E-state index is 0.633. The molecule has 0 N–H and O–H groups in total. The summed E-state index contributed by atoms with van der Waals surface area (Å²) in [6, 6.07) is 0. The summed E-state index contributed by atoms with van der Waals surface area (Å²) in [6.07, 6.45) is 8.60. The number of hydrogen-bond donors (Lipinski definition) is 0. The third-order valence-electron chi connectivity index (χ3n) is 4.26. The van der Waals surface area contributed by atoms with Crippen molar-refractivity contribution >= 4 is 0 Å². The van der Waals surface area contributed by atoms with Crippen molar-refractivity contribution in [2.24, 2.45) is 23.7 Å². The normalized spacial score (nSPS) is 11.6. The number of hydrogen-bond acceptors (Lipinski definition) is 4. The summed E-state index contributed by atoms with van der Waals surface area (Å²) >= 11 is 0. The zero-order valence-electron chi connectivity index (χ0n) is 19.4. The van der Waals surface area contributed by atoms with Crippen molar-refractivity contribution in [2.45, 2.75) is 94.2 Å². The van der Waals surface area contributed by atoms with E-state index in [1.54, 1.807) is 0 Å². The zero-order valence-corrected chi connectivity index (χ0v) is 19.4. The molecule has 0 atom stereocenters. The molecule has 0 aliphatic carbocycles. The van der Waals surface area contributed by atoms with Crippen LogP contribution in [0.3, 0.4) is 0 Å². The van der Waals surface area contributed by atoms with E-state index in [0.717, 1.165) is 49.2 Å². The van der Waals surface area contributed by atoms with E-state index in [1.807, 2.05) is 9.36 Å². The number of nitrogens with zero attached hydrogens (tertiary/aromatic N) is 6. The van der Waals surface area contributed by atoms with Crippen LogP contribution in [-0.4, -0.2) is 30.0 Å². The average molecular weight is 391 g/mol. The number of aromatic nitrogens is 6. The van der Waals surface area contributed by atoms with Crippen LogP contribution in [-0.2, 0) is 25.9 Å². The molecule has 2 heterocycles. The molecule has 0 saturated heterocycles. The van der Waals surface area contributed by atoms with Gasteiger partial charge in [-0.25, -0.2) is 0 Å². The van der Waals surface area contributed by atoms with E-state index in [4.69, 9.17) is 0 Å². The van der Waals surface area contributed by atoms with Gasteiger partial charge in [0.25, 0.3) is 0 Å². The molecule has 0 fully saturated rings. The molecular weight excluding hydrogens is 348 g/mol. The Morgan fingerprint density at radius 1 is 0.679 bits per heavy atom. The summed E-state index contributed by atoms with van der Waals surface area (Å²) in [7, 11) is 0. The first-order valence-corrected chi connectivity index (χ1v) is 10.9. The Morgan fingerprint density at radius 3 is 1.82 bits per heavy atom. The fourth-order valence-corrected chi connectivity index (χ4v) is 2.70. The maximum Gasteiger partial charge on any atom is 0.0829 e. The van der Waals surface area contributed by atoms with Crippen LogP contribution in [0.15, 0.2) is 12.4 Å². The predicted octanol–water partition coefficient (Wildman–Crippen LogP) is 5.05. The SMILES string of the molecule is CC(C)CCc1cn(CCC(C)C)nn1.CC(C)Cc1cn(CC(C)C)nn1. The zero-order chi connectivity index (χ0) is 21.1. The Labute approximate surface area is 172 Å². The van der Waals surface area contributed by atoms with Gasteiger partial charge in [-0.15, -0.1) is 10.2 Å². The fraction of sp³-hybridized carbons (Fsp3) is 0.818. The van der Waals surface area contributed by atoms with Crippen LogP contribution in [0.2, 0.25) is 0 Å². The number of aryl methyl sites for hydroxylation is 2. The Morgan fingerprint density at radius 2 is 1.25 bits per heavy atom. The van der Waals surface area contributed by atoms with E-state index < -0.39 is 0 Å². The van der Waals surface area contributed by atoms with Gasteiger partial charge in [0.05, 0.1) is 11.4 Å². The highest BCUT2D eigenvalue weighted by atomic mass is 15.4. The lowest BCUT2D eigenvalue weighted by atomic mass is 10.1. The molecule has 2 aromatic heterocycles. The number of rotatable bonds is 10. The van der Waals surface area contributed by atoms with E-state index in [9.17, 15) is 0 Å². The van der Waals surface area contributed by atoms with Gasteiger partial charge >= 0.3 is 0 Å². The minimum atomic E-state index is 0.633. The van der Waals surface area contributed by atoms with Crippen molar-refractivity contribution in [3.8, 4) is 0 Å². The molecule has 0 amide bonds. The highest BCUT2D eigenvalue weighted by Crippen LogP contribution is 2.07. The molecule has 6 heteroatoms. The molecule has 0 bridgehead atoms. The molecule has 0 radical (unpaired) electrons. The average Bonchev–Trinajstić information content (AvgIpc) is 3.20. The van der Waals surface area contributed by atoms with E-state index in [-0.39, 0.29) is 0 Å². The van der Waals surface area contributed by atoms with E-state index in [0.29, 0.717) is 11.8 Å². The molecule has 2 aromatic rings. The van der Waals surface area contributed by atoms with Gasteiger partial charge in [0.1, 0.15) is 0 Å². The quantitative estimate of drug-likeness (QED) is 0.570. The van der Waals surface area contributed by atoms with Crippen molar-refractivity contribution in [1.82, 2.24) is 30.0 Å². The molecule has 0 spiro atoms. The van der Waals surface area contributed by atoms with Crippen LogP contribution in [0.4, 0.5) is 0 Å². The first-order chi connectivity index (χ1) is 13.2. The predicted molar refractivity (Wildman–Crippen MR) is 116 cm³/mol. The van der Waals surface area contributed by atoms with Crippen LogP contribution < -0.4 is 0 Å². The van der Waals surface area contributed by atoms with Crippen LogP contribution in [0.5, 0.6) is 0 Å². The second-order valence-corrected chi connectivity index (χ2v) is 9.51. The minimum Gasteiger partial charge on any atom is -0.252 e. The van der Waals surface area contributed by atoms with Gasteiger partial charge in [0.2, 0.25) is 0 Å². The molecule has 0 aliphatic rings. The first-order valence-electron chi connectivity index (χ1n) is 10.9. The lowest BCUT2D eigenvalue weighted by molar-refractivity contribution is 0.472. The van der Waals surface area contributed by atoms with Crippen molar-refractivity contribution in [2.75, 3.05) is 0 Å². The molecule has 160 valence electrons. The Hall–Kier alpha value is -1.72. The van der Waals surface area contributed by atoms with Crippen LogP contribution in [0, 0.1) is 23.7 Å². The highest BCUT2D eigenvalue weighted by molar-refractivity contribution is 4.93. The van der Waals surface area contributed by atoms with E-state index >= 15 is 0 Å². The molecule has 6 nitrogen and oxygen atoms in total. The Kier molecular flexibility index (Phi) is 11.0. The molecule has 28 heavy (non-hydrogen) atoms. The molecule has 0 saturated carbocycles. The molecule has 0 aliphatic heterocycles. The van der Waals surface area contributed by atoms with Crippen molar-refractivity contribution < 1.29 is 0 Å². The first kappa shape index (κ1) is 24.3. The Bertz CT molecular complexity index is 588. The van der Waals surface area contributed by atoms with Crippen LogP contribution in [0.25, 0.3) is 0 Å². The summed E-state index contributed by atoms with van der Waals surface area (Å²) in [5, 5.41) is 16.5. The van der Waals surface area contributed by atoms with E-state index in [2.05, 4.69) is 88.4 Å². The van der Waals surface area contributed by atoms with Gasteiger partial charge in [0.15, 0.2) is 0 Å². The summed E-state index contributed by atoms with van der Waals surface area (Å²) in [6.45, 7) is 19.7. The third kappa shape index (κ3) is 11.2. The van der Waals surface area contributed by atoms with Crippen molar-refractivity contribution in [3.63, 3.8) is 0 Å². The smallest absolute Gasteiger partial charge is 0.0829 e. The van der Waals surface area contributed by atoms with Crippen LogP contribution in [0.1, 0.15) is 79.6 Å². The highest BCUT2D eigenvalue weighted by Gasteiger charge is 2.04. The van der Waals surface area contributed by atoms with E-state index in [1.165, 1.54) is 12.8 Å². The summed E-state index contributed by atoms with van der Waals surface area (Å²) in [4.78, 5) is 0. The third-order valence-corrected chi connectivity index (χ3v) is 4.26. The van der Waals surface area contributed by atoms with Crippen molar-refractivity contribution in [1.29, 1.82) is 0 Å².